The number of aryl methyl sites for hydroxylation is 1. The Balaban J connectivity index is 2.88. The van der Waals surface area contributed by atoms with Gasteiger partial charge < -0.3 is 15.2 Å². The molecule has 1 atom stereocenters. The molecular weight excluding hydrogens is 242 g/mol. The van der Waals surface area contributed by atoms with E-state index in [1.807, 2.05) is 0 Å². The van der Waals surface area contributed by atoms with Crippen LogP contribution in [0.15, 0.2) is 12.3 Å². The van der Waals surface area contributed by atoms with Crippen LogP contribution in [0.3, 0.4) is 0 Å². The van der Waals surface area contributed by atoms with Crippen molar-refractivity contribution >= 4 is 17.5 Å². The van der Waals surface area contributed by atoms with Crippen molar-refractivity contribution in [1.29, 1.82) is 0 Å². The lowest BCUT2D eigenvalue weighted by Crippen LogP contribution is -2.34. The van der Waals surface area contributed by atoms with Crippen LogP contribution in [0.4, 0.5) is 11.5 Å². The number of aliphatic hydroxyl groups excluding tert-OH is 1. The molecule has 0 aliphatic rings. The van der Waals surface area contributed by atoms with Crippen LogP contribution in [-0.2, 0) is 9.53 Å². The minimum atomic E-state index is -0.955. The summed E-state index contributed by atoms with van der Waals surface area (Å²) < 4.78 is 4.47. The van der Waals surface area contributed by atoms with Gasteiger partial charge in [0.15, 0.2) is 0 Å². The third kappa shape index (κ3) is 3.14. The van der Waals surface area contributed by atoms with Crippen molar-refractivity contribution in [2.45, 2.75) is 13.0 Å². The molecule has 1 aromatic heterocycles. The molecule has 1 aromatic rings. The molecule has 1 rings (SSSR count). The van der Waals surface area contributed by atoms with Crippen LogP contribution in [0.1, 0.15) is 5.56 Å². The molecule has 0 bridgehead atoms. The second-order valence-electron chi connectivity index (χ2n) is 3.52. The quantitative estimate of drug-likeness (QED) is 0.440. The molecule has 0 fully saturated rings. The molecule has 2 N–H and O–H groups in total. The summed E-state index contributed by atoms with van der Waals surface area (Å²) in [4.78, 5) is 25.1. The third-order valence-electron chi connectivity index (χ3n) is 2.27. The number of aliphatic hydroxyl groups is 1. The van der Waals surface area contributed by atoms with Gasteiger partial charge in [0.25, 0.3) is 5.69 Å². The number of aromatic nitrogens is 1. The van der Waals surface area contributed by atoms with Crippen molar-refractivity contribution in [3.8, 4) is 0 Å². The normalized spacial score (nSPS) is 11.7. The Hall–Kier alpha value is -2.22. The number of esters is 1. The first-order valence-corrected chi connectivity index (χ1v) is 5.05. The van der Waals surface area contributed by atoms with Crippen LogP contribution in [-0.4, -0.2) is 40.7 Å². The van der Waals surface area contributed by atoms with Gasteiger partial charge >= 0.3 is 5.97 Å². The highest BCUT2D eigenvalue weighted by Crippen LogP contribution is 2.19. The van der Waals surface area contributed by atoms with Crippen molar-refractivity contribution < 1.29 is 19.6 Å². The van der Waals surface area contributed by atoms with Gasteiger partial charge in [0.1, 0.15) is 18.1 Å². The average Bonchev–Trinajstić information content (AvgIpc) is 2.34. The topological polar surface area (TPSA) is 115 Å². The van der Waals surface area contributed by atoms with E-state index in [0.717, 1.165) is 6.20 Å². The fourth-order valence-electron chi connectivity index (χ4n) is 1.32. The molecule has 0 spiro atoms. The maximum absolute atomic E-state index is 11.2. The first kappa shape index (κ1) is 13.8. The monoisotopic (exact) mass is 255 g/mol. The highest BCUT2D eigenvalue weighted by molar-refractivity contribution is 5.79. The molecule has 8 nitrogen and oxygen atoms in total. The number of nitro groups is 1. The minimum absolute atomic E-state index is 0.112. The fourth-order valence-corrected chi connectivity index (χ4v) is 1.32. The molecule has 18 heavy (non-hydrogen) atoms. The summed E-state index contributed by atoms with van der Waals surface area (Å²) in [5.41, 5.74) is 0.290. The Morgan fingerprint density at radius 1 is 1.72 bits per heavy atom. The summed E-state index contributed by atoms with van der Waals surface area (Å²) in [5.74, 6) is -0.391. The molecule has 0 amide bonds. The second-order valence-corrected chi connectivity index (χ2v) is 3.52. The van der Waals surface area contributed by atoms with Gasteiger partial charge in [0, 0.05) is 5.56 Å². The van der Waals surface area contributed by atoms with Crippen LogP contribution < -0.4 is 5.32 Å². The smallest absolute Gasteiger partial charge is 0.330 e. The Morgan fingerprint density at radius 2 is 2.39 bits per heavy atom. The lowest BCUT2D eigenvalue weighted by atomic mass is 10.2. The van der Waals surface area contributed by atoms with Crippen molar-refractivity contribution in [2.24, 2.45) is 0 Å². The third-order valence-corrected chi connectivity index (χ3v) is 2.27. The number of hydrogen-bond donors (Lipinski definition) is 2. The van der Waals surface area contributed by atoms with Crippen LogP contribution >= 0.6 is 0 Å². The first-order chi connectivity index (χ1) is 8.49. The molecule has 1 unspecified atom stereocenters. The molecule has 0 aliphatic carbocycles. The number of anilines is 1. The van der Waals surface area contributed by atoms with E-state index < -0.39 is 23.5 Å². The lowest BCUT2D eigenvalue weighted by molar-refractivity contribution is -0.385. The number of nitrogens with one attached hydrogen (secondary N) is 1. The van der Waals surface area contributed by atoms with Crippen molar-refractivity contribution in [1.82, 2.24) is 4.98 Å². The SMILES string of the molecule is COC(=O)C(CO)Nc1cc(C)c([N+](=O)[O-])cn1. The Bertz CT molecular complexity index is 463. The van der Waals surface area contributed by atoms with Gasteiger partial charge in [0.2, 0.25) is 0 Å². The molecule has 0 aromatic carbocycles. The number of nitrogens with zero attached hydrogens (tertiary/aromatic N) is 2. The van der Waals surface area contributed by atoms with Gasteiger partial charge in [-0.25, -0.2) is 9.78 Å². The molecule has 0 saturated carbocycles. The van der Waals surface area contributed by atoms with Gasteiger partial charge in [-0.3, -0.25) is 10.1 Å². The minimum Gasteiger partial charge on any atom is -0.467 e. The van der Waals surface area contributed by atoms with Gasteiger partial charge in [-0.2, -0.15) is 0 Å². The number of carbonyl (C=O) groups is 1. The molecule has 0 radical (unpaired) electrons. The summed E-state index contributed by atoms with van der Waals surface area (Å²) in [6.07, 6.45) is 1.09. The fraction of sp³-hybridized carbons (Fsp3) is 0.400. The Morgan fingerprint density at radius 3 is 2.83 bits per heavy atom. The largest absolute Gasteiger partial charge is 0.467 e. The molecular formula is C10H13N3O5. The van der Waals surface area contributed by atoms with E-state index in [0.29, 0.717) is 5.56 Å². The van der Waals surface area contributed by atoms with Gasteiger partial charge in [0.05, 0.1) is 18.6 Å². The van der Waals surface area contributed by atoms with E-state index in [-0.39, 0.29) is 11.5 Å². The van der Waals surface area contributed by atoms with Crippen molar-refractivity contribution in [3.63, 3.8) is 0 Å². The number of carbonyl (C=O) groups excluding carboxylic acids is 1. The summed E-state index contributed by atoms with van der Waals surface area (Å²) in [7, 11) is 1.20. The van der Waals surface area contributed by atoms with Crippen LogP contribution in [0, 0.1) is 17.0 Å². The van der Waals surface area contributed by atoms with Crippen LogP contribution in [0.5, 0.6) is 0 Å². The Kier molecular flexibility index (Phi) is 4.55. The zero-order valence-corrected chi connectivity index (χ0v) is 9.91. The van der Waals surface area contributed by atoms with Gasteiger partial charge in [-0.05, 0) is 13.0 Å². The summed E-state index contributed by atoms with van der Waals surface area (Å²) in [6.45, 7) is 1.08. The van der Waals surface area contributed by atoms with E-state index in [1.165, 1.54) is 13.2 Å². The van der Waals surface area contributed by atoms with E-state index >= 15 is 0 Å². The second kappa shape index (κ2) is 5.92. The lowest BCUT2D eigenvalue weighted by Gasteiger charge is -2.14. The maximum atomic E-state index is 11.2. The molecule has 0 saturated heterocycles. The van der Waals surface area contributed by atoms with E-state index in [9.17, 15) is 14.9 Å². The zero-order valence-electron chi connectivity index (χ0n) is 9.91. The summed E-state index contributed by atoms with van der Waals surface area (Å²) in [5, 5.41) is 22.2. The predicted molar refractivity (Wildman–Crippen MR) is 62.1 cm³/mol. The number of hydrogen-bond acceptors (Lipinski definition) is 7. The van der Waals surface area contributed by atoms with Crippen LogP contribution in [0.2, 0.25) is 0 Å². The average molecular weight is 255 g/mol. The number of ether oxygens (including phenoxy) is 1. The highest BCUT2D eigenvalue weighted by Gasteiger charge is 2.19. The van der Waals surface area contributed by atoms with Gasteiger partial charge in [-0.15, -0.1) is 0 Å². The maximum Gasteiger partial charge on any atom is 0.330 e. The van der Waals surface area contributed by atoms with Crippen molar-refractivity contribution in [3.05, 3.63) is 27.9 Å². The van der Waals surface area contributed by atoms with E-state index in [1.54, 1.807) is 6.92 Å². The number of pyridine rings is 1. The molecule has 8 heteroatoms. The Labute approximate surface area is 103 Å². The number of rotatable bonds is 5. The number of methoxy groups -OCH3 is 1. The van der Waals surface area contributed by atoms with E-state index in [2.05, 4.69) is 15.0 Å². The molecule has 1 heterocycles. The van der Waals surface area contributed by atoms with Crippen molar-refractivity contribution in [2.75, 3.05) is 19.0 Å². The zero-order chi connectivity index (χ0) is 13.7. The first-order valence-electron chi connectivity index (χ1n) is 5.05. The summed E-state index contributed by atoms with van der Waals surface area (Å²) >= 11 is 0. The standard InChI is InChI=1S/C10H13N3O5/c1-6-3-9(11-4-8(6)13(16)17)12-7(5-14)10(15)18-2/h3-4,7,14H,5H2,1-2H3,(H,11,12). The summed E-state index contributed by atoms with van der Waals surface area (Å²) in [6, 6.07) is 0.465. The molecule has 98 valence electrons. The van der Waals surface area contributed by atoms with Crippen LogP contribution in [0.25, 0.3) is 0 Å². The van der Waals surface area contributed by atoms with Gasteiger partial charge in [-0.1, -0.05) is 0 Å². The highest BCUT2D eigenvalue weighted by atomic mass is 16.6. The predicted octanol–water partition coefficient (Wildman–Crippen LogP) is 0.244. The molecule has 0 aliphatic heterocycles. The van der Waals surface area contributed by atoms with E-state index in [4.69, 9.17) is 5.11 Å².